The van der Waals surface area contributed by atoms with E-state index in [1.54, 1.807) is 22.3 Å². The molecule has 21 heavy (non-hydrogen) atoms. The number of hydrogen-bond donors (Lipinski definition) is 0. The van der Waals surface area contributed by atoms with Gasteiger partial charge in [0.1, 0.15) is 5.15 Å². The first-order valence-corrected chi connectivity index (χ1v) is 8.22. The Kier molecular flexibility index (Phi) is 5.37. The number of aryl methyl sites for hydroxylation is 2. The summed E-state index contributed by atoms with van der Waals surface area (Å²) in [7, 11) is 1.81. The van der Waals surface area contributed by atoms with Crippen molar-refractivity contribution < 1.29 is 4.79 Å². The van der Waals surface area contributed by atoms with Crippen LogP contribution in [0.5, 0.6) is 0 Å². The van der Waals surface area contributed by atoms with Crippen molar-refractivity contribution in [3.8, 4) is 0 Å². The zero-order valence-electron chi connectivity index (χ0n) is 12.5. The summed E-state index contributed by atoms with van der Waals surface area (Å²) in [5.41, 5.74) is 2.70. The lowest BCUT2D eigenvalue weighted by Gasteiger charge is -2.17. The normalized spacial score (nSPS) is 10.7. The Hall–Kier alpha value is -1.39. The van der Waals surface area contributed by atoms with Crippen LogP contribution >= 0.6 is 22.9 Å². The number of hydrogen-bond acceptors (Lipinski definition) is 3. The fourth-order valence-electron chi connectivity index (χ4n) is 2.13. The Morgan fingerprint density at radius 1 is 1.43 bits per heavy atom. The molecule has 0 aliphatic carbocycles. The van der Waals surface area contributed by atoms with Crippen LogP contribution in [-0.4, -0.2) is 22.8 Å². The second kappa shape index (κ2) is 7.05. The molecule has 1 amide bonds. The summed E-state index contributed by atoms with van der Waals surface area (Å²) in [6.07, 6.45) is 1.81. The van der Waals surface area contributed by atoms with E-state index >= 15 is 0 Å². The molecular formula is C16H19ClN2OS. The molecule has 0 unspecified atom stereocenters. The van der Waals surface area contributed by atoms with Crippen molar-refractivity contribution >= 4 is 28.8 Å². The molecule has 0 bridgehead atoms. The number of thiophene rings is 1. The summed E-state index contributed by atoms with van der Waals surface area (Å²) in [6.45, 7) is 4.76. The maximum Gasteiger partial charge on any atom is 0.254 e. The molecule has 0 saturated carbocycles. The molecule has 2 aromatic rings. The van der Waals surface area contributed by atoms with E-state index in [-0.39, 0.29) is 5.91 Å². The van der Waals surface area contributed by atoms with Gasteiger partial charge in [-0.1, -0.05) is 24.9 Å². The summed E-state index contributed by atoms with van der Waals surface area (Å²) in [5, 5.41) is 2.43. The fourth-order valence-corrected chi connectivity index (χ4v) is 3.32. The predicted molar refractivity (Wildman–Crippen MR) is 88.1 cm³/mol. The summed E-state index contributed by atoms with van der Waals surface area (Å²) in [5.74, 6) is -0.0237. The first kappa shape index (κ1) is 16.0. The predicted octanol–water partition coefficient (Wildman–Crippen LogP) is 4.33. The van der Waals surface area contributed by atoms with Crippen LogP contribution in [0.25, 0.3) is 0 Å². The highest BCUT2D eigenvalue weighted by molar-refractivity contribution is 7.10. The number of pyridine rings is 1. The summed E-state index contributed by atoms with van der Waals surface area (Å²) in [4.78, 5) is 19.7. The summed E-state index contributed by atoms with van der Waals surface area (Å²) < 4.78 is 0. The van der Waals surface area contributed by atoms with E-state index in [1.165, 1.54) is 10.4 Å². The molecule has 0 atom stereocenters. The zero-order valence-corrected chi connectivity index (χ0v) is 14.1. The number of nitrogens with zero attached hydrogens (tertiary/aromatic N) is 2. The van der Waals surface area contributed by atoms with Gasteiger partial charge in [0.15, 0.2) is 0 Å². The van der Waals surface area contributed by atoms with Crippen molar-refractivity contribution in [2.75, 3.05) is 7.05 Å². The molecule has 112 valence electrons. The minimum absolute atomic E-state index is 0.0237. The Morgan fingerprint density at radius 2 is 2.19 bits per heavy atom. The van der Waals surface area contributed by atoms with E-state index in [0.717, 1.165) is 18.5 Å². The van der Waals surface area contributed by atoms with Crippen molar-refractivity contribution in [2.45, 2.75) is 33.2 Å². The molecule has 0 aromatic carbocycles. The number of carbonyl (C=O) groups excluding carboxylic acids is 1. The lowest BCUT2D eigenvalue weighted by Crippen LogP contribution is -2.26. The molecule has 0 aliphatic rings. The van der Waals surface area contributed by atoms with Gasteiger partial charge in [0.25, 0.3) is 5.91 Å². The van der Waals surface area contributed by atoms with Gasteiger partial charge in [-0.15, -0.1) is 11.3 Å². The van der Waals surface area contributed by atoms with Crippen LogP contribution in [0, 0.1) is 6.92 Å². The molecule has 0 fully saturated rings. The van der Waals surface area contributed by atoms with E-state index in [1.807, 2.05) is 18.5 Å². The maximum absolute atomic E-state index is 12.5. The van der Waals surface area contributed by atoms with E-state index < -0.39 is 0 Å². The highest BCUT2D eigenvalue weighted by atomic mass is 35.5. The number of carbonyl (C=O) groups is 1. The molecule has 2 heterocycles. The average molecular weight is 323 g/mol. The number of aromatic nitrogens is 1. The van der Waals surface area contributed by atoms with Crippen LogP contribution in [0.15, 0.2) is 23.6 Å². The van der Waals surface area contributed by atoms with Gasteiger partial charge in [-0.25, -0.2) is 4.98 Å². The number of halogens is 1. The van der Waals surface area contributed by atoms with Gasteiger partial charge in [0.05, 0.1) is 6.54 Å². The first-order valence-electron chi connectivity index (χ1n) is 6.96. The van der Waals surface area contributed by atoms with Gasteiger partial charge in [0, 0.05) is 23.2 Å². The third-order valence-corrected chi connectivity index (χ3v) is 4.50. The fraction of sp³-hybridized carbons (Fsp3) is 0.375. The second-order valence-electron chi connectivity index (χ2n) is 5.11. The molecule has 3 nitrogen and oxygen atoms in total. The second-order valence-corrected chi connectivity index (χ2v) is 6.50. The van der Waals surface area contributed by atoms with Crippen LogP contribution < -0.4 is 0 Å². The van der Waals surface area contributed by atoms with Crippen LogP contribution in [0.3, 0.4) is 0 Å². The minimum Gasteiger partial charge on any atom is -0.337 e. The first-order chi connectivity index (χ1) is 10.0. The minimum atomic E-state index is -0.0237. The average Bonchev–Trinajstić information content (AvgIpc) is 2.83. The topological polar surface area (TPSA) is 33.2 Å². The summed E-state index contributed by atoms with van der Waals surface area (Å²) >= 11 is 7.70. The molecule has 0 saturated heterocycles. The molecule has 2 aromatic heterocycles. The van der Waals surface area contributed by atoms with Gasteiger partial charge >= 0.3 is 0 Å². The molecule has 0 aliphatic heterocycles. The van der Waals surface area contributed by atoms with Crippen LogP contribution in [-0.2, 0) is 13.0 Å². The van der Waals surface area contributed by atoms with E-state index in [2.05, 4.69) is 24.9 Å². The molecular weight excluding hydrogens is 304 g/mol. The molecule has 5 heteroatoms. The van der Waals surface area contributed by atoms with Crippen LogP contribution in [0.2, 0.25) is 5.15 Å². The Morgan fingerprint density at radius 3 is 2.81 bits per heavy atom. The van der Waals surface area contributed by atoms with Crippen LogP contribution in [0.4, 0.5) is 0 Å². The quantitative estimate of drug-likeness (QED) is 0.768. The van der Waals surface area contributed by atoms with Crippen molar-refractivity contribution in [1.82, 2.24) is 9.88 Å². The Bertz CT molecular complexity index is 639. The maximum atomic E-state index is 12.5. The monoisotopic (exact) mass is 322 g/mol. The van der Waals surface area contributed by atoms with E-state index in [0.29, 0.717) is 17.3 Å². The lowest BCUT2D eigenvalue weighted by atomic mass is 10.1. The van der Waals surface area contributed by atoms with Gasteiger partial charge in [-0.2, -0.15) is 0 Å². The van der Waals surface area contributed by atoms with Crippen molar-refractivity contribution in [3.05, 3.63) is 50.4 Å². The van der Waals surface area contributed by atoms with Crippen molar-refractivity contribution in [3.63, 3.8) is 0 Å². The SMILES string of the molecule is CCCc1cc(C(=O)N(C)Cc2sccc2C)cc(Cl)n1. The van der Waals surface area contributed by atoms with Gasteiger partial charge < -0.3 is 4.90 Å². The lowest BCUT2D eigenvalue weighted by molar-refractivity contribution is 0.0786. The third kappa shape index (κ3) is 4.05. The van der Waals surface area contributed by atoms with Gasteiger partial charge in [0.2, 0.25) is 0 Å². The van der Waals surface area contributed by atoms with Crippen LogP contribution in [0.1, 0.15) is 39.8 Å². The number of amides is 1. The molecule has 0 N–H and O–H groups in total. The standard InChI is InChI=1S/C16H19ClN2OS/c1-4-5-13-8-12(9-15(17)18-13)16(20)19(3)10-14-11(2)6-7-21-14/h6-9H,4-5,10H2,1-3H3. The molecule has 0 radical (unpaired) electrons. The zero-order chi connectivity index (χ0) is 15.4. The van der Waals surface area contributed by atoms with Gasteiger partial charge in [-0.3, -0.25) is 4.79 Å². The highest BCUT2D eigenvalue weighted by Crippen LogP contribution is 2.19. The third-order valence-electron chi connectivity index (χ3n) is 3.30. The van der Waals surface area contributed by atoms with E-state index in [9.17, 15) is 4.79 Å². The Labute approximate surface area is 134 Å². The largest absolute Gasteiger partial charge is 0.337 e. The van der Waals surface area contributed by atoms with Crippen molar-refractivity contribution in [2.24, 2.45) is 0 Å². The Balaban J connectivity index is 2.17. The number of rotatable bonds is 5. The van der Waals surface area contributed by atoms with Gasteiger partial charge in [-0.05, 0) is 42.5 Å². The smallest absolute Gasteiger partial charge is 0.254 e. The molecule has 0 spiro atoms. The van der Waals surface area contributed by atoms with Crippen molar-refractivity contribution in [1.29, 1.82) is 0 Å². The highest BCUT2D eigenvalue weighted by Gasteiger charge is 2.15. The summed E-state index contributed by atoms with van der Waals surface area (Å²) in [6, 6.07) is 5.55. The van der Waals surface area contributed by atoms with E-state index in [4.69, 9.17) is 11.6 Å². The molecule has 2 rings (SSSR count).